The predicted octanol–water partition coefficient (Wildman–Crippen LogP) is 2.87. The molecule has 0 radical (unpaired) electrons. The molecule has 0 unspecified atom stereocenters. The first-order valence-corrected chi connectivity index (χ1v) is 7.87. The molecule has 0 N–H and O–H groups in total. The molecule has 0 spiro atoms. The Labute approximate surface area is 143 Å². The van der Waals surface area contributed by atoms with Gasteiger partial charge in [-0.15, -0.1) is 0 Å². The van der Waals surface area contributed by atoms with E-state index in [-0.39, 0.29) is 12.5 Å². The summed E-state index contributed by atoms with van der Waals surface area (Å²) in [5.74, 6) is 0.926. The molecule has 24 heavy (non-hydrogen) atoms. The van der Waals surface area contributed by atoms with Crippen molar-refractivity contribution in [1.29, 1.82) is 0 Å². The van der Waals surface area contributed by atoms with Gasteiger partial charge in [0.25, 0.3) is 0 Å². The molecule has 1 aromatic carbocycles. The summed E-state index contributed by atoms with van der Waals surface area (Å²) in [6.07, 6.45) is 2.40. The van der Waals surface area contributed by atoms with Crippen molar-refractivity contribution in [2.75, 3.05) is 34.0 Å². The fourth-order valence-electron chi connectivity index (χ4n) is 1.87. The number of methoxy groups -OCH3 is 2. The van der Waals surface area contributed by atoms with Gasteiger partial charge in [0.05, 0.1) is 13.7 Å². The van der Waals surface area contributed by atoms with E-state index in [4.69, 9.17) is 18.9 Å². The lowest BCUT2D eigenvalue weighted by atomic mass is 10.2. The van der Waals surface area contributed by atoms with Gasteiger partial charge in [-0.1, -0.05) is 0 Å². The number of nitrogens with zero attached hydrogens (tertiary/aromatic N) is 1. The summed E-state index contributed by atoms with van der Waals surface area (Å²) in [4.78, 5) is 15.7. The summed E-state index contributed by atoms with van der Waals surface area (Å²) in [5.41, 5.74) is 0.316. The SMILES string of the molecule is COCCCOc1cc(C=NCC(=O)OC(C)(C)C)ccc1OC. The minimum Gasteiger partial charge on any atom is -0.493 e. The van der Waals surface area contributed by atoms with Crippen molar-refractivity contribution in [2.45, 2.75) is 32.8 Å². The van der Waals surface area contributed by atoms with Gasteiger partial charge in [0.2, 0.25) is 0 Å². The summed E-state index contributed by atoms with van der Waals surface area (Å²) in [6, 6.07) is 5.48. The van der Waals surface area contributed by atoms with Gasteiger partial charge >= 0.3 is 5.97 Å². The van der Waals surface area contributed by atoms with Crippen LogP contribution in [-0.4, -0.2) is 51.8 Å². The van der Waals surface area contributed by atoms with Gasteiger partial charge in [0, 0.05) is 26.4 Å². The number of ether oxygens (including phenoxy) is 4. The van der Waals surface area contributed by atoms with Crippen molar-refractivity contribution in [2.24, 2.45) is 4.99 Å². The maximum atomic E-state index is 11.6. The monoisotopic (exact) mass is 337 g/mol. The third kappa shape index (κ3) is 7.97. The lowest BCUT2D eigenvalue weighted by Gasteiger charge is -2.18. The molecule has 0 aliphatic rings. The lowest BCUT2D eigenvalue weighted by Crippen LogP contribution is -2.25. The molecule has 6 nitrogen and oxygen atoms in total. The summed E-state index contributed by atoms with van der Waals surface area (Å²) < 4.78 is 21.2. The molecule has 0 saturated carbocycles. The van der Waals surface area contributed by atoms with Crippen LogP contribution in [0.1, 0.15) is 32.8 Å². The van der Waals surface area contributed by atoms with Crippen molar-refractivity contribution in [1.82, 2.24) is 0 Å². The summed E-state index contributed by atoms with van der Waals surface area (Å²) in [5, 5.41) is 0. The Bertz CT molecular complexity index is 549. The highest BCUT2D eigenvalue weighted by Gasteiger charge is 2.15. The molecule has 6 heteroatoms. The molecule has 1 aromatic rings. The molecular formula is C18H27NO5. The van der Waals surface area contributed by atoms with Gasteiger partial charge in [0.1, 0.15) is 12.1 Å². The van der Waals surface area contributed by atoms with Crippen LogP contribution in [0.5, 0.6) is 11.5 Å². The summed E-state index contributed by atoms with van der Waals surface area (Å²) in [7, 11) is 3.25. The van der Waals surface area contributed by atoms with Gasteiger partial charge < -0.3 is 18.9 Å². The molecule has 0 aliphatic carbocycles. The van der Waals surface area contributed by atoms with Crippen LogP contribution >= 0.6 is 0 Å². The Balaban J connectivity index is 2.64. The van der Waals surface area contributed by atoms with Crippen LogP contribution in [0.25, 0.3) is 0 Å². The highest BCUT2D eigenvalue weighted by Crippen LogP contribution is 2.27. The average Bonchev–Trinajstić information content (AvgIpc) is 2.50. The first-order chi connectivity index (χ1) is 11.4. The van der Waals surface area contributed by atoms with E-state index in [1.54, 1.807) is 26.5 Å². The van der Waals surface area contributed by atoms with E-state index in [2.05, 4.69) is 4.99 Å². The van der Waals surface area contributed by atoms with Crippen molar-refractivity contribution in [3.8, 4) is 11.5 Å². The van der Waals surface area contributed by atoms with Gasteiger partial charge in [-0.3, -0.25) is 9.79 Å². The molecular weight excluding hydrogens is 310 g/mol. The number of esters is 1. The minimum atomic E-state index is -0.504. The van der Waals surface area contributed by atoms with Crippen LogP contribution in [-0.2, 0) is 14.3 Å². The topological polar surface area (TPSA) is 66.4 Å². The Morgan fingerprint density at radius 1 is 1.17 bits per heavy atom. The standard InChI is InChI=1S/C18H27NO5/c1-18(2,3)24-17(20)13-19-12-14-7-8-15(22-5)16(11-14)23-10-6-9-21-4/h7-8,11-12H,6,9-10,13H2,1-5H3. The van der Waals surface area contributed by atoms with Crippen LogP contribution in [0.4, 0.5) is 0 Å². The number of carbonyl (C=O) groups excluding carboxylic acids is 1. The quantitative estimate of drug-likeness (QED) is 0.394. The molecule has 1 rings (SSSR count). The Morgan fingerprint density at radius 3 is 2.54 bits per heavy atom. The third-order valence-corrected chi connectivity index (χ3v) is 2.82. The number of hydrogen-bond acceptors (Lipinski definition) is 6. The van der Waals surface area contributed by atoms with E-state index in [0.29, 0.717) is 24.7 Å². The Hall–Kier alpha value is -2.08. The van der Waals surface area contributed by atoms with Crippen LogP contribution in [0.2, 0.25) is 0 Å². The minimum absolute atomic E-state index is 0.0205. The second-order valence-corrected chi connectivity index (χ2v) is 6.16. The Morgan fingerprint density at radius 2 is 1.92 bits per heavy atom. The third-order valence-electron chi connectivity index (χ3n) is 2.82. The first-order valence-electron chi connectivity index (χ1n) is 7.87. The largest absolute Gasteiger partial charge is 0.493 e. The van der Waals surface area contributed by atoms with E-state index in [0.717, 1.165) is 12.0 Å². The van der Waals surface area contributed by atoms with E-state index < -0.39 is 5.60 Å². The van der Waals surface area contributed by atoms with Gasteiger partial charge in [0.15, 0.2) is 11.5 Å². The molecule has 0 bridgehead atoms. The number of aliphatic imine (C=N–C) groups is 1. The zero-order valence-corrected chi connectivity index (χ0v) is 15.1. The molecule has 134 valence electrons. The van der Waals surface area contributed by atoms with Crippen LogP contribution in [0.15, 0.2) is 23.2 Å². The normalized spacial score (nSPS) is 11.5. The fourth-order valence-corrected chi connectivity index (χ4v) is 1.87. The number of rotatable bonds is 9. The summed E-state index contributed by atoms with van der Waals surface area (Å²) >= 11 is 0. The van der Waals surface area contributed by atoms with Gasteiger partial charge in [-0.25, -0.2) is 0 Å². The summed E-state index contributed by atoms with van der Waals surface area (Å²) in [6.45, 7) is 6.62. The molecule has 0 atom stereocenters. The second kappa shape index (κ2) is 9.93. The van der Waals surface area contributed by atoms with E-state index in [1.165, 1.54) is 0 Å². The molecule has 0 fully saturated rings. The molecule has 0 saturated heterocycles. The van der Waals surface area contributed by atoms with Crippen LogP contribution in [0.3, 0.4) is 0 Å². The van der Waals surface area contributed by atoms with Crippen molar-refractivity contribution >= 4 is 12.2 Å². The van der Waals surface area contributed by atoms with E-state index in [9.17, 15) is 4.79 Å². The maximum absolute atomic E-state index is 11.6. The van der Waals surface area contributed by atoms with Gasteiger partial charge in [-0.05, 0) is 44.5 Å². The van der Waals surface area contributed by atoms with Crippen molar-refractivity contribution in [3.05, 3.63) is 23.8 Å². The number of benzene rings is 1. The Kier molecular flexibility index (Phi) is 8.26. The number of carbonyl (C=O) groups is 1. The molecule has 0 aromatic heterocycles. The maximum Gasteiger partial charge on any atom is 0.328 e. The first kappa shape index (κ1) is 20.0. The second-order valence-electron chi connectivity index (χ2n) is 6.16. The van der Waals surface area contributed by atoms with Crippen LogP contribution in [0, 0.1) is 0 Å². The lowest BCUT2D eigenvalue weighted by molar-refractivity contribution is -0.152. The smallest absolute Gasteiger partial charge is 0.328 e. The molecule has 0 amide bonds. The average molecular weight is 337 g/mol. The van der Waals surface area contributed by atoms with Crippen LogP contribution < -0.4 is 9.47 Å². The molecule has 0 heterocycles. The van der Waals surface area contributed by atoms with Crippen molar-refractivity contribution < 1.29 is 23.7 Å². The van der Waals surface area contributed by atoms with E-state index >= 15 is 0 Å². The number of hydrogen-bond donors (Lipinski definition) is 0. The zero-order valence-electron chi connectivity index (χ0n) is 15.1. The fraction of sp³-hybridized carbons (Fsp3) is 0.556. The zero-order chi connectivity index (χ0) is 18.0. The van der Waals surface area contributed by atoms with Crippen molar-refractivity contribution in [3.63, 3.8) is 0 Å². The molecule has 0 aliphatic heterocycles. The van der Waals surface area contributed by atoms with E-state index in [1.807, 2.05) is 32.9 Å². The highest BCUT2D eigenvalue weighted by molar-refractivity contribution is 5.83. The van der Waals surface area contributed by atoms with Gasteiger partial charge in [-0.2, -0.15) is 0 Å². The highest BCUT2D eigenvalue weighted by atomic mass is 16.6. The predicted molar refractivity (Wildman–Crippen MR) is 93.3 cm³/mol.